The molecule has 0 aromatic heterocycles. The number of rotatable bonds is 16. The van der Waals surface area contributed by atoms with Crippen molar-refractivity contribution in [1.82, 2.24) is 6.15 Å². The third-order valence-electron chi connectivity index (χ3n) is 4.34. The van der Waals surface area contributed by atoms with Gasteiger partial charge in [-0.05, 0) is 65.6 Å². The normalized spacial score (nSPS) is 9.25. The summed E-state index contributed by atoms with van der Waals surface area (Å²) in [5, 5.41) is 0. The van der Waals surface area contributed by atoms with Crippen molar-refractivity contribution in [3.05, 3.63) is 0 Å². The number of phosphoric acid groups is 1. The molecule has 0 rings (SSSR count). The van der Waals surface area contributed by atoms with Crippen LogP contribution >= 0.6 is 7.82 Å². The van der Waals surface area contributed by atoms with E-state index in [1.54, 1.807) is 0 Å². The second-order valence-electron chi connectivity index (χ2n) is 7.39. The van der Waals surface area contributed by atoms with Gasteiger partial charge in [0, 0.05) is 28.0 Å². The van der Waals surface area contributed by atoms with E-state index in [1.165, 1.54) is 32.1 Å². The van der Waals surface area contributed by atoms with Crippen molar-refractivity contribution in [3.8, 4) is 71.5 Å². The van der Waals surface area contributed by atoms with Crippen molar-refractivity contribution in [2.24, 2.45) is 0 Å². The molecule has 0 aliphatic carbocycles. The van der Waals surface area contributed by atoms with Gasteiger partial charge < -0.3 is 34.5 Å². The summed E-state index contributed by atoms with van der Waals surface area (Å²) in [6.45, 7) is 1.19. The van der Waals surface area contributed by atoms with Crippen molar-refractivity contribution in [2.45, 2.75) is 83.8 Å². The van der Waals surface area contributed by atoms with E-state index in [0.717, 1.165) is 25.7 Å². The van der Waals surface area contributed by atoms with Crippen molar-refractivity contribution < 1.29 is 113 Å². The molecule has 0 radical (unpaired) electrons. The number of carbonyl (C=O) groups is 2. The molecule has 0 fully saturated rings. The Kier molecular flexibility index (Phi) is 36.2. The fourth-order valence-corrected chi connectivity index (χ4v) is 3.00. The smallest absolute Gasteiger partial charge is 0.790 e. The fourth-order valence-electron chi connectivity index (χ4n) is 2.69. The minimum atomic E-state index is -5.38. The molecular formula is C28H54NNa2O8P. The van der Waals surface area contributed by atoms with Crippen molar-refractivity contribution >= 4 is 19.8 Å². The quantitative estimate of drug-likeness (QED) is 0.0444. The largest absolute Gasteiger partial charge is 1.00 e. The maximum Gasteiger partial charge on any atom is 1.00 e. The van der Waals surface area contributed by atoms with E-state index in [4.69, 9.17) is 15.9 Å². The van der Waals surface area contributed by atoms with E-state index in [-0.39, 0.29) is 87.4 Å². The Hall–Kier alpha value is -1.63. The van der Waals surface area contributed by atoms with Gasteiger partial charge in [0.1, 0.15) is 6.61 Å². The Labute approximate surface area is 299 Å². The monoisotopic (exact) mass is 609 g/mol. The van der Waals surface area contributed by atoms with Crippen molar-refractivity contribution in [1.29, 1.82) is 0 Å². The minimum Gasteiger partial charge on any atom is -0.790 e. The Morgan fingerprint density at radius 1 is 0.775 bits per heavy atom. The zero-order valence-corrected chi connectivity index (χ0v) is 28.5. The third kappa shape index (κ3) is 34.4. The summed E-state index contributed by atoms with van der Waals surface area (Å²) >= 11 is 0. The molecule has 1 atom stereocenters. The van der Waals surface area contributed by atoms with Gasteiger partial charge in [-0.15, -0.1) is 6.42 Å². The Balaban J connectivity index is -0.0000000712. The maximum absolute atomic E-state index is 12.0. The molecule has 0 unspecified atom stereocenters. The van der Waals surface area contributed by atoms with Gasteiger partial charge in [0.05, 0.1) is 7.82 Å². The number of terminal acetylenes is 1. The third-order valence-corrected chi connectivity index (χ3v) is 4.81. The van der Waals surface area contributed by atoms with Gasteiger partial charge >= 0.3 is 71.1 Å². The molecule has 0 amide bonds. The van der Waals surface area contributed by atoms with Gasteiger partial charge in [-0.3, -0.25) is 4.79 Å². The van der Waals surface area contributed by atoms with Crippen LogP contribution in [0.1, 0.15) is 93.2 Å². The summed E-state index contributed by atoms with van der Waals surface area (Å²) in [6.07, 6.45) is 14.0. The van der Waals surface area contributed by atoms with E-state index in [1.807, 2.05) is 5.92 Å². The first kappa shape index (κ1) is 45.4. The van der Waals surface area contributed by atoms with Crippen LogP contribution in [-0.2, 0) is 28.2 Å². The molecule has 0 heterocycles. The fraction of sp³-hybridized carbons (Fsp3) is 0.500. The van der Waals surface area contributed by atoms with E-state index in [0.29, 0.717) is 6.42 Å². The molecule has 0 aromatic rings. The first-order valence-corrected chi connectivity index (χ1v) is 13.3. The second kappa shape index (κ2) is 31.9. The first-order chi connectivity index (χ1) is 17.8. The van der Waals surface area contributed by atoms with Gasteiger partial charge in [-0.1, -0.05) is 64.7 Å². The van der Waals surface area contributed by atoms with E-state index in [9.17, 15) is 23.9 Å². The number of unbranched alkanes of at least 4 members (excludes halogenated alkanes) is 9. The summed E-state index contributed by atoms with van der Waals surface area (Å²) in [5.74, 6) is 22.9. The van der Waals surface area contributed by atoms with Gasteiger partial charge in [0.2, 0.25) is 0 Å². The summed E-state index contributed by atoms with van der Waals surface area (Å²) in [7, 11) is -5.38. The second-order valence-corrected chi connectivity index (χ2v) is 8.55. The van der Waals surface area contributed by atoms with Crippen LogP contribution in [-0.4, -0.2) is 24.8 Å². The Bertz CT molecular complexity index is 1170. The van der Waals surface area contributed by atoms with Crippen molar-refractivity contribution in [3.63, 3.8) is 0 Å². The minimum absolute atomic E-state index is 0. The van der Waals surface area contributed by atoms with Crippen LogP contribution in [0.5, 0.6) is 0 Å². The van der Waals surface area contributed by atoms with Crippen LogP contribution in [0.15, 0.2) is 0 Å². The molecule has 0 saturated carbocycles. The summed E-state index contributed by atoms with van der Waals surface area (Å²) in [4.78, 5) is 45.3. The Morgan fingerprint density at radius 3 is 1.70 bits per heavy atom. The van der Waals surface area contributed by atoms with E-state index < -0.39 is 32.7 Å². The van der Waals surface area contributed by atoms with Gasteiger partial charge in [-0.25, -0.2) is 4.79 Å². The predicted octanol–water partition coefficient (Wildman–Crippen LogP) is -0.919. The molecular weight excluding hydrogens is 555 g/mol. The van der Waals surface area contributed by atoms with Crippen LogP contribution in [0, 0.1) is 71.5 Å². The zero-order chi connectivity index (χ0) is 27.6. The molecule has 9 nitrogen and oxygen atoms in total. The van der Waals surface area contributed by atoms with Crippen molar-refractivity contribution in [2.75, 3.05) is 6.61 Å². The molecule has 0 bridgehead atoms. The molecule has 3 N–H and O–H groups in total. The predicted molar refractivity (Wildman–Crippen MR) is 162 cm³/mol. The van der Waals surface area contributed by atoms with Gasteiger partial charge in [0.15, 0.2) is 0 Å². The molecule has 0 aliphatic heterocycles. The number of ether oxygens (including phenoxy) is 2. The van der Waals surface area contributed by atoms with Crippen LogP contribution in [0.2, 0.25) is 0 Å². The van der Waals surface area contributed by atoms with Crippen LogP contribution in [0.4, 0.5) is 0 Å². The Morgan fingerprint density at radius 2 is 1.23 bits per heavy atom. The molecule has 0 aromatic carbocycles. The number of hydrogen-bond donors (Lipinski definition) is 1. The summed E-state index contributed by atoms with van der Waals surface area (Å²) in [5.41, 5.74) is 0. The number of phosphoric ester groups is 1. The first-order valence-electron chi connectivity index (χ1n) is 11.8. The molecule has 12 heteroatoms. The van der Waals surface area contributed by atoms with Gasteiger partial charge in [0.25, 0.3) is 6.29 Å². The van der Waals surface area contributed by atoms with Crippen LogP contribution in [0.25, 0.3) is 0 Å². The zero-order valence-electron chi connectivity index (χ0n) is 23.6. The van der Waals surface area contributed by atoms with E-state index in [2.05, 4.69) is 70.7 Å². The van der Waals surface area contributed by atoms with Crippen LogP contribution in [0.3, 0.4) is 0 Å². The SMILES string of the molecule is C#CC#CC#CC#CC#CC#CC(=O)O[C@H](COP(=O)([O-])[O-])OC(=O)CCCCCCCCCCCC.N.[HH].[HH].[HH].[HH].[HH].[HH].[HH].[HH].[HH].[HH].[HH].[Na+].[Na+]. The average molecular weight is 610 g/mol. The molecule has 226 valence electrons. The van der Waals surface area contributed by atoms with Gasteiger partial charge in [-0.2, -0.15) is 0 Å². The van der Waals surface area contributed by atoms with Crippen LogP contribution < -0.4 is 75.1 Å². The standard InChI is InChI=1S/C28H31O8P.H3N.2Na.11H2/c1-3-5-7-9-11-13-15-17-19-21-23-26(29)35-28(25-34-37(31,32)33)36-27(30)24-22-20-18-16-14-12-10-8-6-4-2;;;;;;;;;;;;;;/h1,28H,4,6,8,10,12,14,16,18,20,22,24-25H2,2H3,(H2,31,32,33);1H3;;;11*1H/q;;2*+1;;;;;;;;;;;/p-2/t28-;;;;;;;;;;;;;;/m0............../s1. The number of esters is 2. The summed E-state index contributed by atoms with van der Waals surface area (Å²) < 4.78 is 24.5. The maximum atomic E-state index is 12.0. The number of hydrogen-bond acceptors (Lipinski definition) is 9. The van der Waals surface area contributed by atoms with E-state index >= 15 is 0 Å². The molecule has 40 heavy (non-hydrogen) atoms. The number of carbonyl (C=O) groups excluding carboxylic acids is 2. The topological polar surface area (TPSA) is 160 Å². The average Bonchev–Trinajstić information content (AvgIpc) is 2.84. The summed E-state index contributed by atoms with van der Waals surface area (Å²) in [6, 6.07) is 0. The molecule has 0 aliphatic rings. The molecule has 0 saturated heterocycles. The molecule has 0 spiro atoms.